The molecule has 0 N–H and O–H groups in total. The van der Waals surface area contributed by atoms with E-state index < -0.39 is 7.04 Å². The van der Waals surface area contributed by atoms with E-state index in [9.17, 15) is 0 Å². The Morgan fingerprint density at radius 2 is 1.81 bits per heavy atom. The summed E-state index contributed by atoms with van der Waals surface area (Å²) < 4.78 is 44.9. The average molecular weight is 443 g/mol. The van der Waals surface area contributed by atoms with E-state index in [1.54, 1.807) is 6.07 Å². The van der Waals surface area contributed by atoms with E-state index in [0.717, 1.165) is 37.9 Å². The maximum Gasteiger partial charge on any atom is 0.160 e. The summed E-state index contributed by atoms with van der Waals surface area (Å²) in [7, 11) is -0.990. The summed E-state index contributed by atoms with van der Waals surface area (Å²) in [5.41, 5.74) is 2.25. The van der Waals surface area contributed by atoms with Gasteiger partial charge in [-0.2, -0.15) is 0 Å². The van der Waals surface area contributed by atoms with E-state index in [0.29, 0.717) is 25.0 Å². The van der Waals surface area contributed by atoms with Crippen molar-refractivity contribution in [1.29, 1.82) is 0 Å². The lowest BCUT2D eigenvalue weighted by Crippen LogP contribution is -2.46. The van der Waals surface area contributed by atoms with E-state index in [1.807, 2.05) is 18.2 Å². The molecule has 32 heavy (non-hydrogen) atoms. The number of methoxy groups -OCH3 is 2. The monoisotopic (exact) mass is 442 g/mol. The van der Waals surface area contributed by atoms with Crippen molar-refractivity contribution in [2.24, 2.45) is 0 Å². The Bertz CT molecular complexity index is 924. The lowest BCUT2D eigenvalue weighted by molar-refractivity contribution is -0.0352. The average Bonchev–Trinajstić information content (AvgIpc) is 3.32. The number of nitrogens with zero attached hydrogens (tertiary/aromatic N) is 1. The van der Waals surface area contributed by atoms with Gasteiger partial charge in [0.15, 0.2) is 11.5 Å². The van der Waals surface area contributed by atoms with Crippen LogP contribution >= 0.6 is 0 Å². The minimum atomic E-state index is -2.50. The zero-order chi connectivity index (χ0) is 24.7. The van der Waals surface area contributed by atoms with Crippen LogP contribution in [0.2, 0.25) is 0 Å². The van der Waals surface area contributed by atoms with Gasteiger partial charge in [-0.3, -0.25) is 4.90 Å². The van der Waals surface area contributed by atoms with Gasteiger partial charge >= 0.3 is 0 Å². The molecule has 0 aromatic heterocycles. The zero-order valence-electron chi connectivity index (χ0n) is 22.0. The van der Waals surface area contributed by atoms with Crippen LogP contribution in [0.3, 0.4) is 0 Å². The predicted molar refractivity (Wildman–Crippen MR) is 126 cm³/mol. The molecule has 0 spiro atoms. The third-order valence-corrected chi connectivity index (χ3v) is 6.70. The molecule has 1 saturated heterocycles. The molecule has 2 aromatic rings. The topological polar surface area (TPSA) is 40.2 Å². The highest BCUT2D eigenvalue weighted by Crippen LogP contribution is 2.30. The fourth-order valence-corrected chi connectivity index (χ4v) is 4.95. The molecule has 0 bridgehead atoms. The third-order valence-electron chi connectivity index (χ3n) is 6.70. The van der Waals surface area contributed by atoms with E-state index in [1.165, 1.54) is 31.9 Å². The van der Waals surface area contributed by atoms with Crippen LogP contribution in [0.15, 0.2) is 48.5 Å². The molecule has 0 amide bonds. The first kappa shape index (κ1) is 19.4. The van der Waals surface area contributed by atoms with Crippen LogP contribution in [-0.4, -0.2) is 57.0 Å². The molecule has 1 aliphatic heterocycles. The van der Waals surface area contributed by atoms with Crippen molar-refractivity contribution in [3.8, 4) is 11.5 Å². The first-order valence-corrected chi connectivity index (χ1v) is 11.8. The van der Waals surface area contributed by atoms with Gasteiger partial charge < -0.3 is 18.9 Å². The predicted octanol–water partition coefficient (Wildman–Crippen LogP) is 4.87. The van der Waals surface area contributed by atoms with Crippen LogP contribution < -0.4 is 9.47 Å². The first-order valence-electron chi connectivity index (χ1n) is 13.3. The van der Waals surface area contributed by atoms with E-state index in [-0.39, 0.29) is 18.0 Å². The van der Waals surface area contributed by atoms with Crippen molar-refractivity contribution in [2.45, 2.75) is 63.4 Å². The maximum atomic E-state index is 7.31. The summed E-state index contributed by atoms with van der Waals surface area (Å²) in [5.74, 6) is 0.648. The lowest BCUT2D eigenvalue weighted by atomic mass is 9.91. The van der Waals surface area contributed by atoms with Gasteiger partial charge in [-0.05, 0) is 48.9 Å². The van der Waals surface area contributed by atoms with Gasteiger partial charge in [0.25, 0.3) is 0 Å². The summed E-state index contributed by atoms with van der Waals surface area (Å²) in [5, 5.41) is 0. The number of benzene rings is 2. The quantitative estimate of drug-likeness (QED) is 0.525. The summed E-state index contributed by atoms with van der Waals surface area (Å²) in [6.45, 7) is 3.32. The van der Waals surface area contributed by atoms with Gasteiger partial charge in [-0.15, -0.1) is 0 Å². The van der Waals surface area contributed by atoms with Crippen LogP contribution in [0, 0.1) is 0 Å². The van der Waals surface area contributed by atoms with E-state index in [4.69, 9.17) is 23.1 Å². The summed E-state index contributed by atoms with van der Waals surface area (Å²) in [6.07, 6.45) is 7.03. The molecule has 5 nitrogen and oxygen atoms in total. The Kier molecular flexibility index (Phi) is 7.08. The number of likely N-dealkylation sites (tertiary alicyclic amines) is 1. The van der Waals surface area contributed by atoms with Crippen molar-refractivity contribution < 1.29 is 23.1 Å². The molecule has 1 aliphatic carbocycles. The number of hydrogen-bond donors (Lipinski definition) is 0. The number of hydrogen-bond acceptors (Lipinski definition) is 5. The largest absolute Gasteiger partial charge is 0.493 e. The second-order valence-corrected chi connectivity index (χ2v) is 8.80. The van der Waals surface area contributed by atoms with Gasteiger partial charge in [-0.25, -0.2) is 0 Å². The second-order valence-electron chi connectivity index (χ2n) is 8.80. The Morgan fingerprint density at radius 3 is 2.66 bits per heavy atom. The van der Waals surface area contributed by atoms with Gasteiger partial charge in [-0.1, -0.05) is 49.2 Å². The Labute approximate surface area is 196 Å². The highest BCUT2D eigenvalue weighted by molar-refractivity contribution is 5.42. The van der Waals surface area contributed by atoms with Crippen molar-refractivity contribution in [2.75, 3.05) is 33.8 Å². The summed E-state index contributed by atoms with van der Waals surface area (Å²) in [4.78, 5) is 2.57. The van der Waals surface area contributed by atoms with Crippen molar-refractivity contribution in [3.05, 3.63) is 59.7 Å². The second kappa shape index (κ2) is 11.7. The SMILES string of the molecule is [2H]C([2H])([2H])Oc1ccc(CCO[C@H]2CCCCC2N2CC[C@@H](OCc3ccccc3)C2)cc1OC. The smallest absolute Gasteiger partial charge is 0.160 e. The first-order chi connectivity index (χ1) is 16.9. The molecule has 1 unspecified atom stereocenters. The van der Waals surface area contributed by atoms with Crippen LogP contribution in [-0.2, 0) is 22.5 Å². The van der Waals surface area contributed by atoms with Gasteiger partial charge in [0, 0.05) is 19.1 Å². The molecule has 174 valence electrons. The molecule has 4 rings (SSSR count). The van der Waals surface area contributed by atoms with Crippen LogP contribution in [0.5, 0.6) is 11.5 Å². The Hall–Kier alpha value is -2.08. The van der Waals surface area contributed by atoms with Crippen molar-refractivity contribution in [1.82, 2.24) is 4.90 Å². The molecule has 1 saturated carbocycles. The van der Waals surface area contributed by atoms with Crippen LogP contribution in [0.25, 0.3) is 0 Å². The third kappa shape index (κ3) is 6.03. The van der Waals surface area contributed by atoms with Crippen molar-refractivity contribution in [3.63, 3.8) is 0 Å². The highest BCUT2D eigenvalue weighted by Gasteiger charge is 2.35. The summed E-state index contributed by atoms with van der Waals surface area (Å²) >= 11 is 0. The van der Waals surface area contributed by atoms with Gasteiger partial charge in [0.2, 0.25) is 0 Å². The normalized spacial score (nSPS) is 25.7. The number of rotatable bonds is 10. The molecular weight excluding hydrogens is 402 g/mol. The molecule has 2 aromatic carbocycles. The molecule has 2 fully saturated rings. The Morgan fingerprint density at radius 1 is 0.938 bits per heavy atom. The fourth-order valence-electron chi connectivity index (χ4n) is 4.95. The van der Waals surface area contributed by atoms with Gasteiger partial charge in [0.1, 0.15) is 0 Å². The van der Waals surface area contributed by atoms with E-state index in [2.05, 4.69) is 29.2 Å². The minimum Gasteiger partial charge on any atom is -0.493 e. The molecule has 1 heterocycles. The van der Waals surface area contributed by atoms with Crippen LogP contribution in [0.1, 0.15) is 47.3 Å². The lowest BCUT2D eigenvalue weighted by Gasteiger charge is -2.37. The minimum absolute atomic E-state index is 0.225. The molecule has 5 heteroatoms. The Balaban J connectivity index is 1.26. The fraction of sp³-hybridized carbons (Fsp3) is 0.556. The molecular formula is C27H37NO4. The number of ether oxygens (including phenoxy) is 4. The standard InChI is InChI=1S/C27H37NO4/c1-29-26-13-12-21(18-27(26)30-2)15-17-31-25-11-7-6-10-24(25)28-16-14-23(19-28)32-20-22-8-4-3-5-9-22/h3-5,8-9,12-13,18,23-25H,6-7,10-11,14-17,19-20H2,1-2H3/t23-,24?,25+/m1/s1/i1D3. The molecule has 3 atom stereocenters. The van der Waals surface area contributed by atoms with E-state index >= 15 is 0 Å². The summed E-state index contributed by atoms with van der Waals surface area (Å²) in [6, 6.07) is 16.2. The van der Waals surface area contributed by atoms with Gasteiger partial charge in [0.05, 0.1) is 43.7 Å². The van der Waals surface area contributed by atoms with Crippen molar-refractivity contribution >= 4 is 0 Å². The van der Waals surface area contributed by atoms with Crippen LogP contribution in [0.4, 0.5) is 0 Å². The molecule has 2 aliphatic rings. The maximum absolute atomic E-state index is 7.31. The zero-order valence-corrected chi connectivity index (χ0v) is 19.0. The highest BCUT2D eigenvalue weighted by atomic mass is 16.5. The molecule has 0 radical (unpaired) electrons.